The Balaban J connectivity index is 1.55. The number of rotatable bonds is 3. The van der Waals surface area contributed by atoms with Gasteiger partial charge >= 0.3 is 0 Å². The van der Waals surface area contributed by atoms with Crippen LogP contribution in [0.5, 0.6) is 0 Å². The lowest BCUT2D eigenvalue weighted by Gasteiger charge is -2.26. The molecule has 4 heteroatoms. The lowest BCUT2D eigenvalue weighted by Crippen LogP contribution is -2.15. The highest BCUT2D eigenvalue weighted by Crippen LogP contribution is 2.34. The molecule has 0 N–H and O–H groups in total. The predicted octanol–water partition coefficient (Wildman–Crippen LogP) is 6.87. The van der Waals surface area contributed by atoms with Crippen LogP contribution in [0, 0.1) is 35.1 Å². The first-order valence-corrected chi connectivity index (χ1v) is 10.5. The summed E-state index contributed by atoms with van der Waals surface area (Å²) in [4.78, 5) is 0. The molecule has 0 radical (unpaired) electrons. The minimum atomic E-state index is -1.54. The third-order valence-corrected chi connectivity index (χ3v) is 5.86. The molecule has 158 valence electrons. The highest BCUT2D eigenvalue weighted by molar-refractivity contribution is 5.48. The Morgan fingerprint density at radius 2 is 1.58 bits per heavy atom. The maximum atomic E-state index is 15.0. The average molecular weight is 422 g/mol. The zero-order valence-corrected chi connectivity index (χ0v) is 17.2. The van der Waals surface area contributed by atoms with E-state index in [2.05, 4.69) is 43.0 Å². The van der Waals surface area contributed by atoms with Crippen molar-refractivity contribution >= 4 is 0 Å². The van der Waals surface area contributed by atoms with Crippen LogP contribution in [0.4, 0.5) is 17.6 Å². The van der Waals surface area contributed by atoms with Gasteiger partial charge in [0, 0.05) is 5.56 Å². The number of hydrogen-bond donors (Lipinski definition) is 0. The fraction of sp³-hybridized carbons (Fsp3) is 0.259. The van der Waals surface area contributed by atoms with Crippen LogP contribution in [-0.4, -0.2) is 0 Å². The van der Waals surface area contributed by atoms with Gasteiger partial charge in [-0.15, -0.1) is 0 Å². The smallest absolute Gasteiger partial charge is 0.194 e. The van der Waals surface area contributed by atoms with E-state index < -0.39 is 17.5 Å². The van der Waals surface area contributed by atoms with Gasteiger partial charge in [0.25, 0.3) is 0 Å². The Bertz CT molecular complexity index is 1140. The molecule has 1 aliphatic carbocycles. The first-order valence-electron chi connectivity index (χ1n) is 10.5. The monoisotopic (exact) mass is 422 g/mol. The van der Waals surface area contributed by atoms with Crippen LogP contribution in [-0.2, 0) is 19.3 Å². The standard InChI is InChI=1S/C27H22F4/c1-2-3-17-4-7-19(8-5-17)21-12-13-23-22(16-21)11-10-20(26(23)30)9-6-18-14-24(28)27(31)25(29)15-18/h4-5,7-8,10-11,14-15,21H,2-3,12-13,16H2,1H3. The van der Waals surface area contributed by atoms with Crippen molar-refractivity contribution in [3.63, 3.8) is 0 Å². The van der Waals surface area contributed by atoms with Gasteiger partial charge in [-0.1, -0.05) is 55.5 Å². The summed E-state index contributed by atoms with van der Waals surface area (Å²) in [6, 6.07) is 13.8. The Morgan fingerprint density at radius 3 is 2.26 bits per heavy atom. The summed E-state index contributed by atoms with van der Waals surface area (Å²) >= 11 is 0. The SMILES string of the molecule is CCCc1ccc(C2CCc3c(ccc(C#Cc4cc(F)c(F)c(F)c4)c3F)C2)cc1. The second kappa shape index (κ2) is 8.98. The highest BCUT2D eigenvalue weighted by atomic mass is 19.2. The van der Waals surface area contributed by atoms with E-state index in [-0.39, 0.29) is 16.9 Å². The van der Waals surface area contributed by atoms with Crippen molar-refractivity contribution < 1.29 is 17.6 Å². The van der Waals surface area contributed by atoms with Crippen LogP contribution in [0.2, 0.25) is 0 Å². The van der Waals surface area contributed by atoms with Gasteiger partial charge in [-0.05, 0) is 72.1 Å². The quantitative estimate of drug-likeness (QED) is 0.246. The van der Waals surface area contributed by atoms with E-state index in [0.717, 1.165) is 43.4 Å². The number of fused-ring (bicyclic) bond motifs is 1. The fourth-order valence-corrected chi connectivity index (χ4v) is 4.20. The van der Waals surface area contributed by atoms with Crippen LogP contribution in [0.25, 0.3) is 0 Å². The zero-order valence-electron chi connectivity index (χ0n) is 17.2. The van der Waals surface area contributed by atoms with Crippen molar-refractivity contribution in [1.29, 1.82) is 0 Å². The summed E-state index contributed by atoms with van der Waals surface area (Å²) in [5.74, 6) is 0.959. The Labute approximate surface area is 179 Å². The average Bonchev–Trinajstić information content (AvgIpc) is 2.77. The molecular formula is C27H22F4. The molecule has 1 aliphatic rings. The molecule has 0 amide bonds. The molecule has 0 bridgehead atoms. The van der Waals surface area contributed by atoms with Crippen molar-refractivity contribution in [2.45, 2.75) is 44.9 Å². The van der Waals surface area contributed by atoms with Crippen LogP contribution in [0.15, 0.2) is 48.5 Å². The largest absolute Gasteiger partial charge is 0.205 e. The van der Waals surface area contributed by atoms with Gasteiger partial charge in [-0.25, -0.2) is 17.6 Å². The number of aryl methyl sites for hydroxylation is 1. The maximum absolute atomic E-state index is 15.0. The molecule has 1 atom stereocenters. The van der Waals surface area contributed by atoms with E-state index >= 15 is 4.39 Å². The molecule has 31 heavy (non-hydrogen) atoms. The molecule has 0 nitrogen and oxygen atoms in total. The van der Waals surface area contributed by atoms with E-state index in [4.69, 9.17) is 0 Å². The van der Waals surface area contributed by atoms with Gasteiger partial charge in [0.2, 0.25) is 0 Å². The van der Waals surface area contributed by atoms with Gasteiger partial charge in [0.05, 0.1) is 5.56 Å². The predicted molar refractivity (Wildman–Crippen MR) is 114 cm³/mol. The molecule has 3 aromatic carbocycles. The number of halogens is 4. The van der Waals surface area contributed by atoms with Crippen molar-refractivity contribution in [2.75, 3.05) is 0 Å². The Morgan fingerprint density at radius 1 is 0.871 bits per heavy atom. The summed E-state index contributed by atoms with van der Waals surface area (Å²) in [5, 5.41) is 0. The number of benzene rings is 3. The molecule has 0 fully saturated rings. The molecule has 0 saturated carbocycles. The van der Waals surface area contributed by atoms with Gasteiger partial charge in [0.15, 0.2) is 17.5 Å². The van der Waals surface area contributed by atoms with E-state index in [1.54, 1.807) is 6.07 Å². The summed E-state index contributed by atoms with van der Waals surface area (Å²) in [6.45, 7) is 2.16. The highest BCUT2D eigenvalue weighted by Gasteiger charge is 2.23. The fourth-order valence-electron chi connectivity index (χ4n) is 4.20. The van der Waals surface area contributed by atoms with Crippen molar-refractivity contribution in [2.24, 2.45) is 0 Å². The second-order valence-electron chi connectivity index (χ2n) is 8.00. The van der Waals surface area contributed by atoms with Gasteiger partial charge in [0.1, 0.15) is 5.82 Å². The van der Waals surface area contributed by atoms with Gasteiger partial charge in [-0.2, -0.15) is 0 Å². The van der Waals surface area contributed by atoms with Crippen LogP contribution in [0.1, 0.15) is 59.1 Å². The Kier molecular flexibility index (Phi) is 6.13. The normalized spacial score (nSPS) is 15.2. The summed E-state index contributed by atoms with van der Waals surface area (Å²) in [6.07, 6.45) is 4.41. The topological polar surface area (TPSA) is 0 Å². The maximum Gasteiger partial charge on any atom is 0.194 e. The molecule has 0 heterocycles. The third kappa shape index (κ3) is 4.51. The van der Waals surface area contributed by atoms with E-state index in [1.807, 2.05) is 6.07 Å². The van der Waals surface area contributed by atoms with E-state index in [9.17, 15) is 13.2 Å². The van der Waals surface area contributed by atoms with Crippen molar-refractivity contribution in [3.8, 4) is 11.8 Å². The second-order valence-corrected chi connectivity index (χ2v) is 8.00. The molecule has 0 spiro atoms. The lowest BCUT2D eigenvalue weighted by atomic mass is 9.79. The first kappa shape index (κ1) is 21.2. The molecule has 0 saturated heterocycles. The molecule has 1 unspecified atom stereocenters. The summed E-state index contributed by atoms with van der Waals surface area (Å²) in [5.41, 5.74) is 4.36. The minimum absolute atomic E-state index is 0.0416. The van der Waals surface area contributed by atoms with Crippen molar-refractivity contribution in [1.82, 2.24) is 0 Å². The van der Waals surface area contributed by atoms with E-state index in [1.165, 1.54) is 11.1 Å². The van der Waals surface area contributed by atoms with Crippen LogP contribution < -0.4 is 0 Å². The van der Waals surface area contributed by atoms with E-state index in [0.29, 0.717) is 17.9 Å². The summed E-state index contributed by atoms with van der Waals surface area (Å²) in [7, 11) is 0. The van der Waals surface area contributed by atoms with Crippen LogP contribution >= 0.6 is 0 Å². The molecule has 0 aromatic heterocycles. The summed E-state index contributed by atoms with van der Waals surface area (Å²) < 4.78 is 54.8. The molecular weight excluding hydrogens is 400 g/mol. The molecule has 0 aliphatic heterocycles. The molecule has 4 rings (SSSR count). The lowest BCUT2D eigenvalue weighted by molar-refractivity contribution is 0.446. The number of hydrogen-bond acceptors (Lipinski definition) is 0. The third-order valence-electron chi connectivity index (χ3n) is 5.86. The molecule has 3 aromatic rings. The zero-order chi connectivity index (χ0) is 22.0. The van der Waals surface area contributed by atoms with Gasteiger partial charge < -0.3 is 0 Å². The van der Waals surface area contributed by atoms with Crippen molar-refractivity contribution in [3.05, 3.63) is 105 Å². The first-order chi connectivity index (χ1) is 15.0. The van der Waals surface area contributed by atoms with Gasteiger partial charge in [-0.3, -0.25) is 0 Å². The Hall–Kier alpha value is -3.06. The minimum Gasteiger partial charge on any atom is -0.205 e. The van der Waals surface area contributed by atoms with Crippen LogP contribution in [0.3, 0.4) is 0 Å².